The first kappa shape index (κ1) is 16.5. The van der Waals surface area contributed by atoms with Crippen molar-refractivity contribution in [2.75, 3.05) is 12.0 Å². The zero-order chi connectivity index (χ0) is 16.9. The van der Waals surface area contributed by atoms with Crippen molar-refractivity contribution in [2.45, 2.75) is 12.6 Å². The number of aromatic nitrogens is 1. The third-order valence-electron chi connectivity index (χ3n) is 3.93. The number of hydrogen-bond acceptors (Lipinski definition) is 2. The quantitative estimate of drug-likeness (QED) is 0.750. The lowest BCUT2D eigenvalue weighted by atomic mass is 10.1. The molecule has 0 aliphatic carbocycles. The maximum atomic E-state index is 12.5. The van der Waals surface area contributed by atoms with Crippen LogP contribution in [0.25, 0.3) is 10.9 Å². The molecule has 0 unspecified atom stereocenters. The molecule has 124 valence electrons. The molecule has 0 bridgehead atoms. The maximum Gasteiger partial charge on any atom is 0.240 e. The van der Waals surface area contributed by atoms with Gasteiger partial charge in [0.25, 0.3) is 0 Å². The minimum Gasteiger partial charge on any atom is -0.347 e. The highest BCUT2D eigenvalue weighted by molar-refractivity contribution is 7.84. The van der Waals surface area contributed by atoms with Crippen LogP contribution in [0.3, 0.4) is 0 Å². The second-order valence-electron chi connectivity index (χ2n) is 5.77. The zero-order valence-corrected chi connectivity index (χ0v) is 14.3. The molecule has 3 aromatic rings. The van der Waals surface area contributed by atoms with Crippen LogP contribution in [0.15, 0.2) is 66.9 Å². The number of nitrogens with zero attached hydrogens (tertiary/aromatic N) is 1. The molecule has 24 heavy (non-hydrogen) atoms. The van der Waals surface area contributed by atoms with Gasteiger partial charge in [-0.3, -0.25) is 9.00 Å². The minimum atomic E-state index is -0.995. The zero-order valence-electron chi connectivity index (χ0n) is 13.5. The van der Waals surface area contributed by atoms with Crippen molar-refractivity contribution in [2.24, 2.45) is 0 Å². The first-order valence-electron chi connectivity index (χ1n) is 7.81. The number of para-hydroxylation sites is 1. The lowest BCUT2D eigenvalue weighted by molar-refractivity contribution is -0.122. The molecule has 2 aromatic carbocycles. The molecule has 1 heterocycles. The van der Waals surface area contributed by atoms with Gasteiger partial charge in [-0.15, -0.1) is 0 Å². The van der Waals surface area contributed by atoms with Gasteiger partial charge in [-0.05, 0) is 23.1 Å². The van der Waals surface area contributed by atoms with E-state index in [2.05, 4.69) is 5.32 Å². The molecule has 0 saturated heterocycles. The summed E-state index contributed by atoms with van der Waals surface area (Å²) in [6.07, 6.45) is 3.57. The Hall–Kier alpha value is -2.40. The standard InChI is InChI=1S/C19H20N2O2S/c1-24(23)14-17(15-7-3-2-4-8-15)20-19(22)13-21-12-11-16-9-5-6-10-18(16)21/h2-12,17H,13-14H2,1H3,(H,20,22)/t17-,24+/m0/s1. The summed E-state index contributed by atoms with van der Waals surface area (Å²) in [4.78, 5) is 12.5. The van der Waals surface area contributed by atoms with Crippen LogP contribution in [0.2, 0.25) is 0 Å². The van der Waals surface area contributed by atoms with Crippen molar-refractivity contribution >= 4 is 27.6 Å². The third-order valence-corrected chi connectivity index (χ3v) is 4.74. The molecule has 1 aromatic heterocycles. The molecule has 4 nitrogen and oxygen atoms in total. The fraction of sp³-hybridized carbons (Fsp3) is 0.211. The van der Waals surface area contributed by atoms with E-state index in [4.69, 9.17) is 0 Å². The number of benzene rings is 2. The van der Waals surface area contributed by atoms with Crippen molar-refractivity contribution in [1.82, 2.24) is 9.88 Å². The monoisotopic (exact) mass is 340 g/mol. The first-order chi connectivity index (χ1) is 11.6. The first-order valence-corrected chi connectivity index (χ1v) is 9.54. The summed E-state index contributed by atoms with van der Waals surface area (Å²) in [6.45, 7) is 0.243. The summed E-state index contributed by atoms with van der Waals surface area (Å²) < 4.78 is 13.6. The van der Waals surface area contributed by atoms with Gasteiger partial charge >= 0.3 is 0 Å². The summed E-state index contributed by atoms with van der Waals surface area (Å²) in [6, 6.07) is 19.4. The summed E-state index contributed by atoms with van der Waals surface area (Å²) in [7, 11) is -0.995. The highest BCUT2D eigenvalue weighted by Crippen LogP contribution is 2.16. The van der Waals surface area contributed by atoms with E-state index >= 15 is 0 Å². The second-order valence-corrected chi connectivity index (χ2v) is 7.25. The average molecular weight is 340 g/mol. The van der Waals surface area contributed by atoms with Crippen LogP contribution in [0.4, 0.5) is 0 Å². The van der Waals surface area contributed by atoms with Gasteiger partial charge in [-0.1, -0.05) is 48.5 Å². The Balaban J connectivity index is 1.75. The van der Waals surface area contributed by atoms with Gasteiger partial charge in [0, 0.05) is 34.5 Å². The van der Waals surface area contributed by atoms with Crippen LogP contribution in [0, 0.1) is 0 Å². The summed E-state index contributed by atoms with van der Waals surface area (Å²) in [5.41, 5.74) is 2.00. The topological polar surface area (TPSA) is 51.1 Å². The Morgan fingerprint density at radius 2 is 1.79 bits per heavy atom. The molecular formula is C19H20N2O2S. The average Bonchev–Trinajstić information content (AvgIpc) is 2.98. The lowest BCUT2D eigenvalue weighted by Crippen LogP contribution is -2.34. The molecule has 0 aliphatic rings. The minimum absolute atomic E-state index is 0.0874. The van der Waals surface area contributed by atoms with Gasteiger partial charge in [0.05, 0.1) is 6.04 Å². The molecule has 5 heteroatoms. The van der Waals surface area contributed by atoms with Crippen molar-refractivity contribution in [3.05, 3.63) is 72.4 Å². The van der Waals surface area contributed by atoms with Gasteiger partial charge in [0.2, 0.25) is 5.91 Å². The Labute approximate surface area is 143 Å². The van der Waals surface area contributed by atoms with E-state index in [0.29, 0.717) is 5.75 Å². The number of carbonyl (C=O) groups excluding carboxylic acids is 1. The fourth-order valence-electron chi connectivity index (χ4n) is 2.81. The van der Waals surface area contributed by atoms with E-state index < -0.39 is 10.8 Å². The van der Waals surface area contributed by atoms with Crippen LogP contribution < -0.4 is 5.32 Å². The Morgan fingerprint density at radius 3 is 2.54 bits per heavy atom. The number of carbonyl (C=O) groups is 1. The van der Waals surface area contributed by atoms with Crippen LogP contribution in [0.5, 0.6) is 0 Å². The smallest absolute Gasteiger partial charge is 0.240 e. The van der Waals surface area contributed by atoms with Crippen LogP contribution in [0.1, 0.15) is 11.6 Å². The Bertz CT molecular complexity index is 858. The number of fused-ring (bicyclic) bond motifs is 1. The van der Waals surface area contributed by atoms with Crippen molar-refractivity contribution in [1.29, 1.82) is 0 Å². The van der Waals surface area contributed by atoms with Crippen molar-refractivity contribution < 1.29 is 9.00 Å². The highest BCUT2D eigenvalue weighted by Gasteiger charge is 2.16. The van der Waals surface area contributed by atoms with E-state index in [-0.39, 0.29) is 18.5 Å². The van der Waals surface area contributed by atoms with E-state index in [9.17, 15) is 9.00 Å². The summed E-state index contributed by atoms with van der Waals surface area (Å²) >= 11 is 0. The Kier molecular flexibility index (Phi) is 5.11. The third kappa shape index (κ3) is 3.92. The Morgan fingerprint density at radius 1 is 1.08 bits per heavy atom. The molecule has 0 radical (unpaired) electrons. The van der Waals surface area contributed by atoms with Gasteiger partial charge in [0.1, 0.15) is 6.54 Å². The molecule has 2 atom stereocenters. The SMILES string of the molecule is C[S@@](=O)C[C@H](NC(=O)Cn1ccc2ccccc21)c1ccccc1. The van der Waals surface area contributed by atoms with Gasteiger partial charge in [-0.2, -0.15) is 0 Å². The normalized spacial score (nSPS) is 13.5. The van der Waals surface area contributed by atoms with Crippen LogP contribution in [-0.4, -0.2) is 26.7 Å². The van der Waals surface area contributed by atoms with E-state index in [1.54, 1.807) is 6.26 Å². The number of amides is 1. The van der Waals surface area contributed by atoms with E-state index in [0.717, 1.165) is 16.5 Å². The molecule has 1 amide bonds. The molecular weight excluding hydrogens is 320 g/mol. The molecule has 0 saturated carbocycles. The lowest BCUT2D eigenvalue weighted by Gasteiger charge is -2.18. The summed E-state index contributed by atoms with van der Waals surface area (Å²) in [5, 5.41) is 4.13. The largest absolute Gasteiger partial charge is 0.347 e. The molecule has 3 rings (SSSR count). The second kappa shape index (κ2) is 7.45. The molecule has 0 aliphatic heterocycles. The van der Waals surface area contributed by atoms with Gasteiger partial charge < -0.3 is 9.88 Å². The van der Waals surface area contributed by atoms with Crippen molar-refractivity contribution in [3.8, 4) is 0 Å². The van der Waals surface area contributed by atoms with E-state index in [1.165, 1.54) is 0 Å². The molecule has 1 N–H and O–H groups in total. The summed E-state index contributed by atoms with van der Waals surface area (Å²) in [5.74, 6) is 0.318. The van der Waals surface area contributed by atoms with Gasteiger partial charge in [0.15, 0.2) is 0 Å². The predicted octanol–water partition coefficient (Wildman–Crippen LogP) is 2.88. The van der Waals surface area contributed by atoms with E-state index in [1.807, 2.05) is 71.4 Å². The number of rotatable bonds is 6. The molecule has 0 spiro atoms. The van der Waals surface area contributed by atoms with Crippen LogP contribution >= 0.6 is 0 Å². The van der Waals surface area contributed by atoms with Crippen LogP contribution in [-0.2, 0) is 22.1 Å². The maximum absolute atomic E-state index is 12.5. The van der Waals surface area contributed by atoms with Crippen molar-refractivity contribution in [3.63, 3.8) is 0 Å². The number of hydrogen-bond donors (Lipinski definition) is 1. The predicted molar refractivity (Wildman–Crippen MR) is 98.2 cm³/mol. The number of nitrogens with one attached hydrogen (secondary N) is 1. The fourth-order valence-corrected chi connectivity index (χ4v) is 3.56. The van der Waals surface area contributed by atoms with Gasteiger partial charge in [-0.25, -0.2) is 0 Å². The molecule has 0 fully saturated rings. The highest BCUT2D eigenvalue weighted by atomic mass is 32.2.